The summed E-state index contributed by atoms with van der Waals surface area (Å²) in [5.74, 6) is 0.318. The number of rotatable bonds is 4. The molecule has 0 bridgehead atoms. The van der Waals surface area contributed by atoms with Crippen LogP contribution in [0.1, 0.15) is 10.5 Å². The fourth-order valence-electron chi connectivity index (χ4n) is 2.94. The van der Waals surface area contributed by atoms with Crippen molar-refractivity contribution < 1.29 is 4.79 Å². The highest BCUT2D eigenvalue weighted by Gasteiger charge is 2.12. The Morgan fingerprint density at radius 3 is 2.59 bits per heavy atom. The van der Waals surface area contributed by atoms with Gasteiger partial charge in [-0.05, 0) is 30.3 Å². The van der Waals surface area contributed by atoms with Gasteiger partial charge >= 0.3 is 0 Å². The molecule has 1 amide bonds. The number of benzene rings is 2. The first-order valence-electron chi connectivity index (χ1n) is 8.95. The molecule has 0 fully saturated rings. The minimum Gasteiger partial charge on any atom is -0.321 e. The smallest absolute Gasteiger partial charge is 0.277 e. The van der Waals surface area contributed by atoms with Crippen LogP contribution in [0.25, 0.3) is 22.7 Å². The number of fused-ring (bicyclic) bond motifs is 1. The van der Waals surface area contributed by atoms with Crippen molar-refractivity contribution in [1.29, 1.82) is 0 Å². The predicted octanol–water partition coefficient (Wildman–Crippen LogP) is 3.23. The van der Waals surface area contributed by atoms with Gasteiger partial charge in [-0.2, -0.15) is 9.90 Å². The van der Waals surface area contributed by atoms with Gasteiger partial charge in [0.15, 0.2) is 5.69 Å². The van der Waals surface area contributed by atoms with Crippen LogP contribution in [0.4, 0.5) is 5.69 Å². The van der Waals surface area contributed by atoms with E-state index in [1.54, 1.807) is 6.20 Å². The van der Waals surface area contributed by atoms with Gasteiger partial charge in [-0.15, -0.1) is 5.10 Å². The molecule has 0 aliphatic rings. The second-order valence-electron chi connectivity index (χ2n) is 6.34. The van der Waals surface area contributed by atoms with E-state index < -0.39 is 0 Å². The highest BCUT2D eigenvalue weighted by molar-refractivity contribution is 6.02. The van der Waals surface area contributed by atoms with E-state index in [1.807, 2.05) is 77.5 Å². The number of aromatic nitrogens is 6. The number of anilines is 1. The minimum absolute atomic E-state index is 0.240. The average Bonchev–Trinajstić information content (AvgIpc) is 3.42. The van der Waals surface area contributed by atoms with E-state index in [4.69, 9.17) is 0 Å². The Morgan fingerprint density at radius 1 is 0.966 bits per heavy atom. The molecule has 3 heterocycles. The molecule has 0 radical (unpaired) electrons. The van der Waals surface area contributed by atoms with Gasteiger partial charge in [0.1, 0.15) is 0 Å². The molecule has 29 heavy (non-hydrogen) atoms. The Bertz CT molecular complexity index is 1260. The summed E-state index contributed by atoms with van der Waals surface area (Å²) < 4.78 is 1.86. The molecule has 0 saturated heterocycles. The van der Waals surface area contributed by atoms with Crippen molar-refractivity contribution in [3.8, 4) is 16.9 Å². The van der Waals surface area contributed by atoms with Crippen molar-refractivity contribution >= 4 is 17.4 Å². The van der Waals surface area contributed by atoms with Crippen LogP contribution in [0, 0.1) is 0 Å². The number of imidazole rings is 1. The molecule has 8 nitrogen and oxygen atoms in total. The summed E-state index contributed by atoms with van der Waals surface area (Å²) in [5.41, 5.74) is 3.44. The summed E-state index contributed by atoms with van der Waals surface area (Å²) in [4.78, 5) is 22.6. The fourth-order valence-corrected chi connectivity index (χ4v) is 2.94. The largest absolute Gasteiger partial charge is 0.321 e. The van der Waals surface area contributed by atoms with Crippen LogP contribution in [0.5, 0.6) is 0 Å². The molecule has 2 aromatic carbocycles. The monoisotopic (exact) mass is 381 g/mol. The van der Waals surface area contributed by atoms with Gasteiger partial charge in [-0.25, -0.2) is 9.97 Å². The van der Waals surface area contributed by atoms with Gasteiger partial charge in [-0.3, -0.25) is 9.20 Å². The summed E-state index contributed by atoms with van der Waals surface area (Å²) in [6.07, 6.45) is 6.97. The van der Waals surface area contributed by atoms with Gasteiger partial charge in [0.25, 0.3) is 5.91 Å². The summed E-state index contributed by atoms with van der Waals surface area (Å²) >= 11 is 0. The minimum atomic E-state index is -0.322. The van der Waals surface area contributed by atoms with E-state index in [1.165, 1.54) is 11.0 Å². The second-order valence-corrected chi connectivity index (χ2v) is 6.34. The van der Waals surface area contributed by atoms with Crippen molar-refractivity contribution in [1.82, 2.24) is 29.4 Å². The molecule has 5 aromatic rings. The summed E-state index contributed by atoms with van der Waals surface area (Å²) in [7, 11) is 0. The number of nitrogens with zero attached hydrogens (tertiary/aromatic N) is 6. The standard InChI is InChI=1S/C21H15N7O/c29-20(18-13-23-28(26-18)17-5-2-1-3-6-17)24-16-9-7-15(8-10-16)19-14-27-12-4-11-22-21(27)25-19/h1-14H,(H,24,29). The number of amides is 1. The Hall–Kier alpha value is -4.33. The molecule has 0 aliphatic heterocycles. The molecule has 140 valence electrons. The van der Waals surface area contributed by atoms with Gasteiger partial charge in [0, 0.05) is 29.8 Å². The van der Waals surface area contributed by atoms with E-state index in [-0.39, 0.29) is 11.6 Å². The fraction of sp³-hybridized carbons (Fsp3) is 0. The average molecular weight is 381 g/mol. The van der Waals surface area contributed by atoms with Crippen molar-refractivity contribution in [2.24, 2.45) is 0 Å². The SMILES string of the molecule is O=C(Nc1ccc(-c2cn3cccnc3n2)cc1)c1cnn(-c2ccccc2)n1. The molecule has 0 saturated carbocycles. The van der Waals surface area contributed by atoms with E-state index in [2.05, 4.69) is 25.5 Å². The molecule has 0 unspecified atom stereocenters. The zero-order valence-corrected chi connectivity index (χ0v) is 15.2. The van der Waals surface area contributed by atoms with Gasteiger partial charge < -0.3 is 5.32 Å². The van der Waals surface area contributed by atoms with Crippen molar-refractivity contribution in [2.75, 3.05) is 5.32 Å². The third-order valence-corrected chi connectivity index (χ3v) is 4.39. The molecule has 0 spiro atoms. The lowest BCUT2D eigenvalue weighted by atomic mass is 10.1. The van der Waals surface area contributed by atoms with Gasteiger partial charge in [0.05, 0.1) is 17.6 Å². The number of carbonyl (C=O) groups is 1. The molecule has 0 atom stereocenters. The zero-order chi connectivity index (χ0) is 19.6. The van der Waals surface area contributed by atoms with Crippen LogP contribution >= 0.6 is 0 Å². The third kappa shape index (κ3) is 3.34. The van der Waals surface area contributed by atoms with Crippen LogP contribution in [-0.4, -0.2) is 35.3 Å². The van der Waals surface area contributed by atoms with Crippen molar-refractivity contribution in [2.45, 2.75) is 0 Å². The highest BCUT2D eigenvalue weighted by atomic mass is 16.2. The quantitative estimate of drug-likeness (QED) is 0.516. The number of para-hydroxylation sites is 1. The van der Waals surface area contributed by atoms with E-state index in [0.717, 1.165) is 16.9 Å². The van der Waals surface area contributed by atoms with Crippen LogP contribution in [0.2, 0.25) is 0 Å². The van der Waals surface area contributed by atoms with Gasteiger partial charge in [0.2, 0.25) is 5.78 Å². The molecule has 8 heteroatoms. The Balaban J connectivity index is 1.32. The third-order valence-electron chi connectivity index (χ3n) is 4.39. The topological polar surface area (TPSA) is 90.0 Å². The van der Waals surface area contributed by atoms with Crippen LogP contribution in [0.15, 0.2) is 85.5 Å². The van der Waals surface area contributed by atoms with E-state index in [9.17, 15) is 4.79 Å². The Labute approximate surface area is 165 Å². The molecule has 5 rings (SSSR count). The number of hydrogen-bond donors (Lipinski definition) is 1. The molecule has 1 N–H and O–H groups in total. The first-order chi connectivity index (χ1) is 14.3. The number of carbonyl (C=O) groups excluding carboxylic acids is 1. The van der Waals surface area contributed by atoms with E-state index in [0.29, 0.717) is 11.5 Å². The lowest BCUT2D eigenvalue weighted by Crippen LogP contribution is -2.13. The Kier molecular flexibility index (Phi) is 4.06. The van der Waals surface area contributed by atoms with Crippen molar-refractivity contribution in [3.05, 3.63) is 91.1 Å². The maximum Gasteiger partial charge on any atom is 0.277 e. The highest BCUT2D eigenvalue weighted by Crippen LogP contribution is 2.21. The lowest BCUT2D eigenvalue weighted by molar-refractivity contribution is 0.102. The molecule has 0 aliphatic carbocycles. The van der Waals surface area contributed by atoms with Gasteiger partial charge in [-0.1, -0.05) is 30.3 Å². The molecule has 3 aromatic heterocycles. The first kappa shape index (κ1) is 16.8. The number of nitrogens with one attached hydrogen (secondary N) is 1. The van der Waals surface area contributed by atoms with Crippen LogP contribution < -0.4 is 5.32 Å². The van der Waals surface area contributed by atoms with Crippen LogP contribution in [0.3, 0.4) is 0 Å². The molecular weight excluding hydrogens is 366 g/mol. The van der Waals surface area contributed by atoms with Crippen molar-refractivity contribution in [3.63, 3.8) is 0 Å². The van der Waals surface area contributed by atoms with E-state index >= 15 is 0 Å². The second kappa shape index (κ2) is 7.01. The summed E-state index contributed by atoms with van der Waals surface area (Å²) in [5, 5.41) is 11.2. The summed E-state index contributed by atoms with van der Waals surface area (Å²) in [6.45, 7) is 0. The maximum absolute atomic E-state index is 12.5. The molecular formula is C21H15N7O. The summed E-state index contributed by atoms with van der Waals surface area (Å²) in [6, 6.07) is 18.7. The number of hydrogen-bond acceptors (Lipinski definition) is 5. The first-order valence-corrected chi connectivity index (χ1v) is 8.95. The van der Waals surface area contributed by atoms with Crippen LogP contribution in [-0.2, 0) is 0 Å². The lowest BCUT2D eigenvalue weighted by Gasteiger charge is -2.04. The maximum atomic E-state index is 12.5. The normalized spacial score (nSPS) is 10.9. The zero-order valence-electron chi connectivity index (χ0n) is 15.2. The Morgan fingerprint density at radius 2 is 1.79 bits per heavy atom. The predicted molar refractivity (Wildman–Crippen MR) is 108 cm³/mol.